The first-order valence-corrected chi connectivity index (χ1v) is 9.75. The van der Waals surface area contributed by atoms with Crippen LogP contribution in [-0.4, -0.2) is 54.4 Å². The summed E-state index contributed by atoms with van der Waals surface area (Å²) in [5, 5.41) is 0. The van der Waals surface area contributed by atoms with E-state index in [-0.39, 0.29) is 30.5 Å². The van der Waals surface area contributed by atoms with E-state index >= 15 is 0 Å². The molecule has 1 atom stereocenters. The Kier molecular flexibility index (Phi) is 5.36. The number of benzene rings is 1. The normalized spacial score (nSPS) is 20.0. The van der Waals surface area contributed by atoms with Gasteiger partial charge in [0.15, 0.2) is 0 Å². The van der Waals surface area contributed by atoms with Gasteiger partial charge in [0.25, 0.3) is 0 Å². The number of anilines is 2. The minimum Gasteiger partial charge on any atom is -0.353 e. The summed E-state index contributed by atoms with van der Waals surface area (Å²) in [7, 11) is 0. The molecular weight excluding hydrogens is 397 g/mol. The number of alkyl halides is 3. The molecule has 2 amide bonds. The number of nitrogens with zero attached hydrogens (tertiary/aromatic N) is 4. The summed E-state index contributed by atoms with van der Waals surface area (Å²) in [4.78, 5) is 34.8. The number of carbonyl (C=O) groups is 2. The highest BCUT2D eigenvalue weighted by Gasteiger charge is 2.39. The summed E-state index contributed by atoms with van der Waals surface area (Å²) < 4.78 is 38.9. The first kappa shape index (κ1) is 20.2. The second-order valence-corrected chi connectivity index (χ2v) is 7.45. The topological polar surface area (TPSA) is 56.8 Å². The zero-order valence-electron chi connectivity index (χ0n) is 16.2. The molecule has 9 heteroatoms. The Bertz CT molecular complexity index is 927. The van der Waals surface area contributed by atoms with Crippen LogP contribution in [0.5, 0.6) is 0 Å². The number of aromatic nitrogens is 1. The van der Waals surface area contributed by atoms with Gasteiger partial charge in [-0.3, -0.25) is 9.59 Å². The quantitative estimate of drug-likeness (QED) is 0.769. The van der Waals surface area contributed by atoms with E-state index in [1.165, 1.54) is 17.0 Å². The third-order valence-corrected chi connectivity index (χ3v) is 5.52. The molecule has 158 valence electrons. The molecule has 2 saturated heterocycles. The molecule has 0 spiro atoms. The van der Waals surface area contributed by atoms with Crippen LogP contribution in [0.1, 0.15) is 12.0 Å². The van der Waals surface area contributed by atoms with Crippen molar-refractivity contribution in [1.29, 1.82) is 0 Å². The fourth-order valence-corrected chi connectivity index (χ4v) is 3.93. The summed E-state index contributed by atoms with van der Waals surface area (Å²) in [6.45, 7) is 2.41. The van der Waals surface area contributed by atoms with E-state index in [1.807, 2.05) is 18.2 Å². The zero-order valence-corrected chi connectivity index (χ0v) is 16.2. The van der Waals surface area contributed by atoms with Crippen molar-refractivity contribution in [3.8, 4) is 0 Å². The molecule has 3 heterocycles. The Morgan fingerprint density at radius 3 is 2.47 bits per heavy atom. The van der Waals surface area contributed by atoms with Gasteiger partial charge >= 0.3 is 6.18 Å². The largest absolute Gasteiger partial charge is 0.416 e. The van der Waals surface area contributed by atoms with Crippen LogP contribution < -0.4 is 9.80 Å². The van der Waals surface area contributed by atoms with Gasteiger partial charge in [0.1, 0.15) is 5.82 Å². The molecule has 0 saturated carbocycles. The van der Waals surface area contributed by atoms with E-state index in [0.29, 0.717) is 26.2 Å². The monoisotopic (exact) mass is 418 g/mol. The van der Waals surface area contributed by atoms with Crippen molar-refractivity contribution >= 4 is 23.3 Å². The molecule has 30 heavy (non-hydrogen) atoms. The third-order valence-electron chi connectivity index (χ3n) is 5.52. The van der Waals surface area contributed by atoms with Crippen LogP contribution in [0, 0.1) is 5.92 Å². The molecule has 2 aliphatic rings. The Balaban J connectivity index is 1.39. The number of rotatable bonds is 3. The van der Waals surface area contributed by atoms with E-state index in [1.54, 1.807) is 11.1 Å². The number of halogens is 3. The second-order valence-electron chi connectivity index (χ2n) is 7.45. The Morgan fingerprint density at radius 2 is 1.80 bits per heavy atom. The van der Waals surface area contributed by atoms with Gasteiger partial charge in [0.05, 0.1) is 11.5 Å². The van der Waals surface area contributed by atoms with E-state index in [0.717, 1.165) is 18.0 Å². The van der Waals surface area contributed by atoms with E-state index in [2.05, 4.69) is 9.88 Å². The Morgan fingerprint density at radius 1 is 1.03 bits per heavy atom. The maximum absolute atomic E-state index is 13.0. The van der Waals surface area contributed by atoms with Gasteiger partial charge in [-0.2, -0.15) is 13.2 Å². The van der Waals surface area contributed by atoms with Crippen LogP contribution >= 0.6 is 0 Å². The number of pyridine rings is 1. The highest BCUT2D eigenvalue weighted by atomic mass is 19.4. The summed E-state index contributed by atoms with van der Waals surface area (Å²) in [5.74, 6) is -0.150. The average molecular weight is 418 g/mol. The predicted molar refractivity (Wildman–Crippen MR) is 105 cm³/mol. The Hall–Kier alpha value is -3.10. The molecule has 1 aromatic heterocycles. The highest BCUT2D eigenvalue weighted by Crippen LogP contribution is 2.33. The van der Waals surface area contributed by atoms with Crippen LogP contribution in [0.3, 0.4) is 0 Å². The molecular formula is C21H21F3N4O2. The number of hydrogen-bond acceptors (Lipinski definition) is 4. The van der Waals surface area contributed by atoms with Gasteiger partial charge in [-0.1, -0.05) is 12.1 Å². The fourth-order valence-electron chi connectivity index (χ4n) is 3.93. The zero-order chi connectivity index (χ0) is 21.3. The number of amides is 2. The predicted octanol–water partition coefficient (Wildman–Crippen LogP) is 2.80. The highest BCUT2D eigenvalue weighted by molar-refractivity contribution is 6.00. The molecule has 2 fully saturated rings. The van der Waals surface area contributed by atoms with E-state index in [4.69, 9.17) is 0 Å². The maximum atomic E-state index is 13.0. The maximum Gasteiger partial charge on any atom is 0.416 e. The van der Waals surface area contributed by atoms with Crippen molar-refractivity contribution in [1.82, 2.24) is 9.88 Å². The SMILES string of the molecule is O=C(C1CC(=O)N(c2cccc(C(F)(F)F)c2)C1)N1CCN(c2ccccn2)CC1. The number of piperazine rings is 1. The van der Waals surface area contributed by atoms with Crippen molar-refractivity contribution in [2.45, 2.75) is 12.6 Å². The molecule has 4 rings (SSSR count). The molecule has 1 aromatic carbocycles. The lowest BCUT2D eigenvalue weighted by molar-refractivity contribution is -0.137. The summed E-state index contributed by atoms with van der Waals surface area (Å²) in [6.07, 6.45) is -2.75. The van der Waals surface area contributed by atoms with Gasteiger partial charge in [-0.25, -0.2) is 4.98 Å². The minimum absolute atomic E-state index is 0.00946. The fraction of sp³-hybridized carbons (Fsp3) is 0.381. The van der Waals surface area contributed by atoms with Crippen LogP contribution in [0.15, 0.2) is 48.7 Å². The van der Waals surface area contributed by atoms with Gasteiger partial charge in [0, 0.05) is 51.0 Å². The van der Waals surface area contributed by atoms with Crippen LogP contribution in [0.2, 0.25) is 0 Å². The molecule has 0 N–H and O–H groups in total. The van der Waals surface area contributed by atoms with Crippen molar-refractivity contribution in [2.75, 3.05) is 42.5 Å². The van der Waals surface area contributed by atoms with E-state index < -0.39 is 17.7 Å². The first-order valence-electron chi connectivity index (χ1n) is 9.75. The van der Waals surface area contributed by atoms with Gasteiger partial charge in [0.2, 0.25) is 11.8 Å². The van der Waals surface area contributed by atoms with Crippen LogP contribution in [0.25, 0.3) is 0 Å². The van der Waals surface area contributed by atoms with Crippen molar-refractivity contribution in [3.63, 3.8) is 0 Å². The third kappa shape index (κ3) is 4.10. The number of hydrogen-bond donors (Lipinski definition) is 0. The average Bonchev–Trinajstić information content (AvgIpc) is 3.15. The van der Waals surface area contributed by atoms with Crippen molar-refractivity contribution in [2.24, 2.45) is 5.92 Å². The molecule has 0 radical (unpaired) electrons. The lowest BCUT2D eigenvalue weighted by atomic mass is 10.1. The van der Waals surface area contributed by atoms with Gasteiger partial charge in [-0.15, -0.1) is 0 Å². The number of carbonyl (C=O) groups excluding carboxylic acids is 2. The first-order chi connectivity index (χ1) is 14.3. The molecule has 2 aromatic rings. The molecule has 0 aliphatic carbocycles. The summed E-state index contributed by atoms with van der Waals surface area (Å²) >= 11 is 0. The van der Waals surface area contributed by atoms with Crippen LogP contribution in [0.4, 0.5) is 24.7 Å². The van der Waals surface area contributed by atoms with E-state index in [9.17, 15) is 22.8 Å². The minimum atomic E-state index is -4.48. The molecule has 6 nitrogen and oxygen atoms in total. The van der Waals surface area contributed by atoms with Gasteiger partial charge < -0.3 is 14.7 Å². The molecule has 1 unspecified atom stereocenters. The van der Waals surface area contributed by atoms with Crippen molar-refractivity contribution < 1.29 is 22.8 Å². The Labute approximate surface area is 171 Å². The standard InChI is InChI=1S/C21H21F3N4O2/c22-21(23,24)16-4-3-5-17(13-16)28-14-15(12-19(28)29)20(30)27-10-8-26(9-11-27)18-6-1-2-7-25-18/h1-7,13,15H,8-12,14H2. The second kappa shape index (κ2) is 7.97. The summed E-state index contributed by atoms with van der Waals surface area (Å²) in [5.41, 5.74) is -0.640. The smallest absolute Gasteiger partial charge is 0.353 e. The summed E-state index contributed by atoms with van der Waals surface area (Å²) in [6, 6.07) is 10.3. The molecule has 0 bridgehead atoms. The lowest BCUT2D eigenvalue weighted by Crippen LogP contribution is -2.51. The lowest BCUT2D eigenvalue weighted by Gasteiger charge is -2.36. The molecule has 2 aliphatic heterocycles. The van der Waals surface area contributed by atoms with Gasteiger partial charge in [-0.05, 0) is 30.3 Å². The van der Waals surface area contributed by atoms with Crippen LogP contribution in [-0.2, 0) is 15.8 Å². The van der Waals surface area contributed by atoms with Crippen molar-refractivity contribution in [3.05, 3.63) is 54.2 Å².